The number of unbranched alkanes of at least 4 members (excludes halogenated alkanes) is 4. The first kappa shape index (κ1) is 54.8. The molecule has 0 aliphatic carbocycles. The Kier molecular flexibility index (Phi) is 19.4. The molecule has 6 atom stereocenters. The maximum absolute atomic E-state index is 14.4. The highest BCUT2D eigenvalue weighted by Gasteiger charge is 2.46. The molecule has 2 aromatic carbocycles. The van der Waals surface area contributed by atoms with E-state index in [-0.39, 0.29) is 72.7 Å². The van der Waals surface area contributed by atoms with Crippen LogP contribution in [0, 0.1) is 10.8 Å². The van der Waals surface area contributed by atoms with Gasteiger partial charge < -0.3 is 41.7 Å². The summed E-state index contributed by atoms with van der Waals surface area (Å²) in [7, 11) is 3.37. The van der Waals surface area contributed by atoms with Crippen molar-refractivity contribution in [2.75, 3.05) is 40.3 Å². The number of amides is 6. The molecule has 2 fully saturated rings. The SMILES string of the molecule is CNCC(=O)NC(C(=O)N1CC(NC(=O)CCCCCCCC(=O)NC2CC(c3nc(-c4ccccc4)cs3)N(C(=O)C(NC(=O)CNC)C(C)(C)C)C2)CC1c1nc(-c2ccccc2)cs1)C(C)(C)C. The summed E-state index contributed by atoms with van der Waals surface area (Å²) >= 11 is 2.99. The molecule has 6 rings (SSSR count). The summed E-state index contributed by atoms with van der Waals surface area (Å²) in [6, 6.07) is 16.9. The first-order valence-electron chi connectivity index (χ1n) is 25.0. The zero-order chi connectivity index (χ0) is 51.3. The molecule has 4 aromatic rings. The van der Waals surface area contributed by atoms with Gasteiger partial charge in [-0.1, -0.05) is 121 Å². The number of aromatic nitrogens is 2. The van der Waals surface area contributed by atoms with Gasteiger partial charge in [0.25, 0.3) is 0 Å². The van der Waals surface area contributed by atoms with E-state index in [4.69, 9.17) is 9.97 Å². The summed E-state index contributed by atoms with van der Waals surface area (Å²) < 4.78 is 0. The number of nitrogens with one attached hydrogen (secondary N) is 6. The van der Waals surface area contributed by atoms with E-state index < -0.39 is 22.9 Å². The highest BCUT2D eigenvalue weighted by Crippen LogP contribution is 2.39. The summed E-state index contributed by atoms with van der Waals surface area (Å²) in [5.41, 5.74) is 2.47. The van der Waals surface area contributed by atoms with Gasteiger partial charge in [-0.25, -0.2) is 9.97 Å². The van der Waals surface area contributed by atoms with Crippen LogP contribution in [0.4, 0.5) is 0 Å². The lowest BCUT2D eigenvalue weighted by Gasteiger charge is -2.35. The van der Waals surface area contributed by atoms with Gasteiger partial charge in [0.05, 0.1) is 36.6 Å². The summed E-state index contributed by atoms with van der Waals surface area (Å²) in [6.45, 7) is 12.4. The number of carbonyl (C=O) groups excluding carboxylic acids is 6. The Morgan fingerprint density at radius 2 is 0.930 bits per heavy atom. The molecule has 6 unspecified atom stereocenters. The normalized spacial score (nSPS) is 19.0. The molecule has 4 heterocycles. The number of carbonyl (C=O) groups is 6. The zero-order valence-corrected chi connectivity index (χ0v) is 44.3. The van der Waals surface area contributed by atoms with Crippen LogP contribution >= 0.6 is 22.7 Å². The van der Waals surface area contributed by atoms with Crippen LogP contribution in [-0.4, -0.2) is 120 Å². The molecule has 16 nitrogen and oxygen atoms in total. The lowest BCUT2D eigenvalue weighted by molar-refractivity contribution is -0.140. The van der Waals surface area contributed by atoms with E-state index in [2.05, 4.69) is 31.9 Å². The maximum atomic E-state index is 14.4. The Morgan fingerprint density at radius 1 is 0.563 bits per heavy atom. The Balaban J connectivity index is 0.991. The predicted molar refractivity (Wildman–Crippen MR) is 280 cm³/mol. The molecule has 6 amide bonds. The first-order valence-corrected chi connectivity index (χ1v) is 26.7. The van der Waals surface area contributed by atoms with Crippen LogP contribution in [0.25, 0.3) is 22.5 Å². The van der Waals surface area contributed by atoms with Crippen molar-refractivity contribution in [3.63, 3.8) is 0 Å². The summed E-state index contributed by atoms with van der Waals surface area (Å²) in [5.74, 6) is -1.10. The fourth-order valence-electron chi connectivity index (χ4n) is 9.28. The molecule has 2 aliphatic rings. The minimum atomic E-state index is -0.782. The molecule has 0 saturated carbocycles. The van der Waals surface area contributed by atoms with Crippen LogP contribution in [0.1, 0.15) is 121 Å². The second-order valence-electron chi connectivity index (χ2n) is 20.9. The number of nitrogens with zero attached hydrogens (tertiary/aromatic N) is 4. The number of hydrogen-bond donors (Lipinski definition) is 6. The molecular formula is C53H74N10O6S2. The van der Waals surface area contributed by atoms with Crippen molar-refractivity contribution < 1.29 is 28.8 Å². The Morgan fingerprint density at radius 3 is 1.28 bits per heavy atom. The van der Waals surface area contributed by atoms with Gasteiger partial charge in [0.2, 0.25) is 35.4 Å². The largest absolute Gasteiger partial charge is 0.351 e. The molecule has 2 aliphatic heterocycles. The van der Waals surface area contributed by atoms with Crippen molar-refractivity contribution in [3.05, 3.63) is 81.4 Å². The molecule has 0 spiro atoms. The number of thiazole rings is 2. The molecule has 2 saturated heterocycles. The third kappa shape index (κ3) is 15.2. The second kappa shape index (κ2) is 25.2. The zero-order valence-electron chi connectivity index (χ0n) is 42.6. The third-order valence-electron chi connectivity index (χ3n) is 13.0. The van der Waals surface area contributed by atoms with Gasteiger partial charge in [-0.15, -0.1) is 22.7 Å². The fraction of sp³-hybridized carbons (Fsp3) is 0.547. The van der Waals surface area contributed by atoms with Gasteiger partial charge in [0.1, 0.15) is 22.1 Å². The second-order valence-corrected chi connectivity index (χ2v) is 22.7. The molecule has 2 aromatic heterocycles. The van der Waals surface area contributed by atoms with Crippen LogP contribution in [-0.2, 0) is 28.8 Å². The Labute approximate surface area is 427 Å². The summed E-state index contributed by atoms with van der Waals surface area (Å²) in [4.78, 5) is 94.5. The van der Waals surface area contributed by atoms with E-state index in [1.54, 1.807) is 23.9 Å². The topological polar surface area (TPSA) is 207 Å². The maximum Gasteiger partial charge on any atom is 0.246 e. The van der Waals surface area contributed by atoms with Crippen LogP contribution < -0.4 is 31.9 Å². The Hall–Kier alpha value is -5.56. The van der Waals surface area contributed by atoms with E-state index in [1.165, 1.54) is 22.7 Å². The van der Waals surface area contributed by atoms with Crippen molar-refractivity contribution in [3.8, 4) is 22.5 Å². The number of hydrogen-bond acceptors (Lipinski definition) is 12. The lowest BCUT2D eigenvalue weighted by atomic mass is 9.85. The van der Waals surface area contributed by atoms with Gasteiger partial charge in [-0.3, -0.25) is 28.8 Å². The van der Waals surface area contributed by atoms with E-state index in [0.717, 1.165) is 51.8 Å². The van der Waals surface area contributed by atoms with Crippen LogP contribution in [0.15, 0.2) is 71.4 Å². The number of likely N-dealkylation sites (tertiary alicyclic amines) is 2. The minimum Gasteiger partial charge on any atom is -0.351 e. The summed E-state index contributed by atoms with van der Waals surface area (Å²) in [6.07, 6.45) is 5.59. The highest BCUT2D eigenvalue weighted by molar-refractivity contribution is 7.10. The molecule has 6 N–H and O–H groups in total. The molecule has 0 radical (unpaired) electrons. The van der Waals surface area contributed by atoms with Crippen molar-refractivity contribution >= 4 is 58.1 Å². The van der Waals surface area contributed by atoms with E-state index in [0.29, 0.717) is 51.6 Å². The van der Waals surface area contributed by atoms with Gasteiger partial charge in [0, 0.05) is 59.9 Å². The van der Waals surface area contributed by atoms with E-state index >= 15 is 0 Å². The van der Waals surface area contributed by atoms with Gasteiger partial charge in [-0.2, -0.15) is 0 Å². The Bertz CT molecular complexity index is 2250. The van der Waals surface area contributed by atoms with Crippen molar-refractivity contribution in [1.82, 2.24) is 51.7 Å². The van der Waals surface area contributed by atoms with Crippen molar-refractivity contribution in [1.29, 1.82) is 0 Å². The average Bonchev–Trinajstić information content (AvgIpc) is 4.16. The van der Waals surface area contributed by atoms with Crippen LogP contribution in [0.2, 0.25) is 0 Å². The van der Waals surface area contributed by atoms with Crippen molar-refractivity contribution in [2.45, 2.75) is 136 Å². The lowest BCUT2D eigenvalue weighted by Crippen LogP contribution is -2.56. The molecule has 384 valence electrons. The van der Waals surface area contributed by atoms with E-state index in [1.807, 2.05) is 113 Å². The third-order valence-corrected chi connectivity index (χ3v) is 14.9. The van der Waals surface area contributed by atoms with Gasteiger partial charge in [0.15, 0.2) is 0 Å². The highest BCUT2D eigenvalue weighted by atomic mass is 32.1. The van der Waals surface area contributed by atoms with Gasteiger partial charge in [-0.05, 0) is 50.6 Å². The molecule has 0 bridgehead atoms. The summed E-state index contributed by atoms with van der Waals surface area (Å²) in [5, 5.41) is 23.6. The van der Waals surface area contributed by atoms with Crippen LogP contribution in [0.3, 0.4) is 0 Å². The smallest absolute Gasteiger partial charge is 0.246 e. The monoisotopic (exact) mass is 1010 g/mol. The molecular weight excluding hydrogens is 937 g/mol. The number of rotatable bonds is 22. The van der Waals surface area contributed by atoms with Crippen LogP contribution in [0.5, 0.6) is 0 Å². The molecule has 18 heteroatoms. The average molecular weight is 1010 g/mol. The molecule has 71 heavy (non-hydrogen) atoms. The standard InChI is InChI=1S/C53H74N10O6S2/c1-52(2,3)46(60-44(66)28-54-7)50(68)62-30-36(26-40(62)48-58-38(32-70-48)34-20-14-12-15-21-34)56-42(64)24-18-10-9-11-19-25-43(65)57-37-27-41(49-59-39(33-71-49)35-22-16-13-17-23-35)63(31-37)51(69)47(53(4,5)6)61-45(67)29-55-8/h12-17,20-23,32-33,36-37,40-41,46-47,54-55H,9-11,18-19,24-31H2,1-8H3,(H,56,64)(H,57,65)(H,60,66)(H,61,67). The van der Waals surface area contributed by atoms with Gasteiger partial charge >= 0.3 is 0 Å². The van der Waals surface area contributed by atoms with E-state index in [9.17, 15) is 28.8 Å². The fourth-order valence-corrected chi connectivity index (χ4v) is 11.2. The predicted octanol–water partition coefficient (Wildman–Crippen LogP) is 6.38. The first-order chi connectivity index (χ1) is 33.9. The number of benzene rings is 2. The number of likely N-dealkylation sites (N-methyl/N-ethyl adjacent to an activating group) is 2. The quantitative estimate of drug-likeness (QED) is 0.0479. The minimum absolute atomic E-state index is 0.0770. The van der Waals surface area contributed by atoms with Crippen molar-refractivity contribution in [2.24, 2.45) is 10.8 Å².